The molecule has 5 heteroatoms. The molecule has 1 saturated carbocycles. The molecular weight excluding hydrogens is 284 g/mol. The standard InChI is InChI=1S/C16H22N2O2S/c1-21-14-8-4-7-12(14)17-16(20)18-15-11-6-3-2-5-10(11)9-13(15)19/h2-3,5-6,12-15,19H,4,7-9H2,1H3,(H2,17,18,20)/t12-,13+,14-,15-/m0/s1. The second kappa shape index (κ2) is 6.28. The zero-order valence-corrected chi connectivity index (χ0v) is 13.0. The maximum atomic E-state index is 12.2. The Bertz CT molecular complexity index is 523. The molecule has 1 fully saturated rings. The van der Waals surface area contributed by atoms with Crippen LogP contribution in [0.25, 0.3) is 0 Å². The van der Waals surface area contributed by atoms with Crippen LogP contribution in [0.2, 0.25) is 0 Å². The van der Waals surface area contributed by atoms with E-state index < -0.39 is 6.10 Å². The lowest BCUT2D eigenvalue weighted by Gasteiger charge is -2.23. The number of carbonyl (C=O) groups is 1. The van der Waals surface area contributed by atoms with E-state index in [-0.39, 0.29) is 18.1 Å². The highest BCUT2D eigenvalue weighted by Gasteiger charge is 2.33. The zero-order chi connectivity index (χ0) is 14.8. The Hall–Kier alpha value is -1.20. The summed E-state index contributed by atoms with van der Waals surface area (Å²) in [6.45, 7) is 0. The fraction of sp³-hybridized carbons (Fsp3) is 0.562. The van der Waals surface area contributed by atoms with E-state index >= 15 is 0 Å². The van der Waals surface area contributed by atoms with Gasteiger partial charge in [-0.15, -0.1) is 0 Å². The van der Waals surface area contributed by atoms with Gasteiger partial charge in [0.25, 0.3) is 0 Å². The van der Waals surface area contributed by atoms with Crippen molar-refractivity contribution in [1.29, 1.82) is 0 Å². The van der Waals surface area contributed by atoms with Gasteiger partial charge in [-0.3, -0.25) is 0 Å². The SMILES string of the molecule is CS[C@H]1CCC[C@@H]1NC(=O)N[C@H]1c2ccccc2C[C@H]1O. The Morgan fingerprint density at radius 1 is 1.29 bits per heavy atom. The predicted octanol–water partition coefficient (Wildman–Crippen LogP) is 2.23. The van der Waals surface area contributed by atoms with Gasteiger partial charge in [0.1, 0.15) is 0 Å². The van der Waals surface area contributed by atoms with Crippen molar-refractivity contribution in [3.8, 4) is 0 Å². The number of rotatable bonds is 3. The summed E-state index contributed by atoms with van der Waals surface area (Å²) >= 11 is 1.82. The number of hydrogen-bond acceptors (Lipinski definition) is 3. The van der Waals surface area contributed by atoms with Gasteiger partial charge >= 0.3 is 6.03 Å². The molecule has 3 N–H and O–H groups in total. The van der Waals surface area contributed by atoms with E-state index in [1.807, 2.05) is 36.0 Å². The van der Waals surface area contributed by atoms with E-state index in [2.05, 4.69) is 16.9 Å². The average Bonchev–Trinajstić information content (AvgIpc) is 3.04. The van der Waals surface area contributed by atoms with Crippen LogP contribution in [0.3, 0.4) is 0 Å². The lowest BCUT2D eigenvalue weighted by atomic mass is 10.1. The number of hydrogen-bond donors (Lipinski definition) is 3. The minimum absolute atomic E-state index is 0.165. The van der Waals surface area contributed by atoms with Gasteiger partial charge in [-0.1, -0.05) is 30.7 Å². The van der Waals surface area contributed by atoms with Crippen LogP contribution in [0.5, 0.6) is 0 Å². The summed E-state index contributed by atoms with van der Waals surface area (Å²) in [5, 5.41) is 16.7. The minimum Gasteiger partial charge on any atom is -0.390 e. The van der Waals surface area contributed by atoms with Crippen LogP contribution in [-0.4, -0.2) is 34.8 Å². The summed E-state index contributed by atoms with van der Waals surface area (Å²) in [5.74, 6) is 0. The quantitative estimate of drug-likeness (QED) is 0.802. The molecule has 0 heterocycles. The predicted molar refractivity (Wildman–Crippen MR) is 85.5 cm³/mol. The summed E-state index contributed by atoms with van der Waals surface area (Å²) in [7, 11) is 0. The van der Waals surface area contributed by atoms with Crippen LogP contribution >= 0.6 is 11.8 Å². The van der Waals surface area contributed by atoms with E-state index in [0.717, 1.165) is 17.5 Å². The van der Waals surface area contributed by atoms with Gasteiger partial charge in [0.15, 0.2) is 0 Å². The van der Waals surface area contributed by atoms with Gasteiger partial charge in [0, 0.05) is 17.7 Å². The Balaban J connectivity index is 1.63. The number of amides is 2. The largest absolute Gasteiger partial charge is 0.390 e. The maximum absolute atomic E-state index is 12.2. The highest BCUT2D eigenvalue weighted by Crippen LogP contribution is 2.31. The van der Waals surface area contributed by atoms with E-state index in [1.54, 1.807) is 0 Å². The van der Waals surface area contributed by atoms with Crippen molar-refractivity contribution < 1.29 is 9.90 Å². The van der Waals surface area contributed by atoms with Crippen molar-refractivity contribution in [1.82, 2.24) is 10.6 Å². The van der Waals surface area contributed by atoms with Gasteiger partial charge in [-0.2, -0.15) is 11.8 Å². The first-order valence-corrected chi connectivity index (χ1v) is 8.83. The molecule has 0 unspecified atom stereocenters. The van der Waals surface area contributed by atoms with Crippen LogP contribution in [0.4, 0.5) is 4.79 Å². The number of aliphatic hydroxyl groups excluding tert-OH is 1. The summed E-state index contributed by atoms with van der Waals surface area (Å²) in [6, 6.07) is 7.70. The molecule has 0 radical (unpaired) electrons. The molecular formula is C16H22N2O2S. The molecule has 114 valence electrons. The van der Waals surface area contributed by atoms with Gasteiger partial charge in [-0.05, 0) is 30.2 Å². The molecule has 4 atom stereocenters. The van der Waals surface area contributed by atoms with E-state index in [9.17, 15) is 9.90 Å². The van der Waals surface area contributed by atoms with Crippen LogP contribution in [0.15, 0.2) is 24.3 Å². The van der Waals surface area contributed by atoms with Crippen LogP contribution < -0.4 is 10.6 Å². The maximum Gasteiger partial charge on any atom is 0.315 e. The monoisotopic (exact) mass is 306 g/mol. The summed E-state index contributed by atoms with van der Waals surface area (Å²) in [4.78, 5) is 12.2. The minimum atomic E-state index is -0.534. The molecule has 0 saturated heterocycles. The number of aliphatic hydroxyl groups is 1. The Morgan fingerprint density at radius 3 is 2.90 bits per heavy atom. The Morgan fingerprint density at radius 2 is 2.10 bits per heavy atom. The first kappa shape index (κ1) is 14.7. The number of urea groups is 1. The summed E-state index contributed by atoms with van der Waals surface area (Å²) in [5.41, 5.74) is 2.16. The fourth-order valence-electron chi connectivity index (χ4n) is 3.47. The van der Waals surface area contributed by atoms with Gasteiger partial charge in [-0.25, -0.2) is 4.79 Å². The first-order valence-electron chi connectivity index (χ1n) is 7.54. The van der Waals surface area contributed by atoms with Crippen LogP contribution in [-0.2, 0) is 6.42 Å². The zero-order valence-electron chi connectivity index (χ0n) is 12.2. The Labute approximate surface area is 129 Å². The number of carbonyl (C=O) groups excluding carboxylic acids is 1. The highest BCUT2D eigenvalue weighted by molar-refractivity contribution is 7.99. The van der Waals surface area contributed by atoms with Crippen LogP contribution in [0.1, 0.15) is 36.4 Å². The van der Waals surface area contributed by atoms with Crippen molar-refractivity contribution >= 4 is 17.8 Å². The molecule has 2 aliphatic carbocycles. The molecule has 2 amide bonds. The third-order valence-electron chi connectivity index (χ3n) is 4.56. The number of benzene rings is 1. The molecule has 0 aliphatic heterocycles. The third-order valence-corrected chi connectivity index (χ3v) is 5.73. The van der Waals surface area contributed by atoms with Crippen molar-refractivity contribution in [2.45, 2.75) is 49.1 Å². The second-order valence-electron chi connectivity index (χ2n) is 5.88. The first-order chi connectivity index (χ1) is 10.2. The summed E-state index contributed by atoms with van der Waals surface area (Å²) in [6.07, 6.45) is 5.56. The van der Waals surface area contributed by atoms with E-state index in [4.69, 9.17) is 0 Å². The van der Waals surface area contributed by atoms with Crippen molar-refractivity contribution in [2.75, 3.05) is 6.26 Å². The molecule has 1 aromatic carbocycles. The van der Waals surface area contributed by atoms with Crippen molar-refractivity contribution in [3.05, 3.63) is 35.4 Å². The second-order valence-corrected chi connectivity index (χ2v) is 6.95. The van der Waals surface area contributed by atoms with Crippen LogP contribution in [0, 0.1) is 0 Å². The normalized spacial score (nSPS) is 31.0. The number of thioether (sulfide) groups is 1. The third kappa shape index (κ3) is 3.04. The molecule has 2 aliphatic rings. The van der Waals surface area contributed by atoms with Gasteiger partial charge in [0.05, 0.1) is 12.1 Å². The van der Waals surface area contributed by atoms with Crippen molar-refractivity contribution in [2.24, 2.45) is 0 Å². The van der Waals surface area contributed by atoms with E-state index in [0.29, 0.717) is 11.7 Å². The smallest absolute Gasteiger partial charge is 0.315 e. The van der Waals surface area contributed by atoms with Gasteiger partial charge in [0.2, 0.25) is 0 Å². The number of nitrogens with one attached hydrogen (secondary N) is 2. The van der Waals surface area contributed by atoms with Crippen molar-refractivity contribution in [3.63, 3.8) is 0 Å². The molecule has 3 rings (SSSR count). The van der Waals surface area contributed by atoms with E-state index in [1.165, 1.54) is 12.8 Å². The Kier molecular flexibility index (Phi) is 4.40. The lowest BCUT2D eigenvalue weighted by molar-refractivity contribution is 0.142. The average molecular weight is 306 g/mol. The molecule has 1 aromatic rings. The van der Waals surface area contributed by atoms with Gasteiger partial charge < -0.3 is 15.7 Å². The fourth-order valence-corrected chi connectivity index (χ4v) is 4.41. The lowest BCUT2D eigenvalue weighted by Crippen LogP contribution is -2.47. The molecule has 21 heavy (non-hydrogen) atoms. The molecule has 0 aromatic heterocycles. The molecule has 4 nitrogen and oxygen atoms in total. The summed E-state index contributed by atoms with van der Waals surface area (Å²) < 4.78 is 0. The molecule has 0 spiro atoms. The topological polar surface area (TPSA) is 61.4 Å². The number of fused-ring (bicyclic) bond motifs is 1. The highest BCUT2D eigenvalue weighted by atomic mass is 32.2. The molecule has 0 bridgehead atoms.